The summed E-state index contributed by atoms with van der Waals surface area (Å²) in [6.07, 6.45) is 7.97. The molecule has 29 heavy (non-hydrogen) atoms. The van der Waals surface area contributed by atoms with Crippen LogP contribution in [-0.4, -0.2) is 38.7 Å². The predicted octanol–water partition coefficient (Wildman–Crippen LogP) is 3.16. The number of nitrogens with one attached hydrogen (secondary N) is 1. The number of hydrogen-bond donors (Lipinski definition) is 1. The molecule has 2 aliphatic rings. The molecule has 1 amide bonds. The Morgan fingerprint density at radius 1 is 1.10 bits per heavy atom. The summed E-state index contributed by atoms with van der Waals surface area (Å²) in [5, 5.41) is 5.77. The second-order valence-corrected chi connectivity index (χ2v) is 8.36. The van der Waals surface area contributed by atoms with Crippen molar-refractivity contribution in [2.45, 2.75) is 45.1 Å². The highest BCUT2D eigenvalue weighted by atomic mass is 16.2. The largest absolute Gasteiger partial charge is 0.361 e. The van der Waals surface area contributed by atoms with E-state index in [0.29, 0.717) is 12.5 Å². The van der Waals surface area contributed by atoms with Crippen LogP contribution in [0.4, 0.5) is 0 Å². The molecule has 6 heteroatoms. The maximum Gasteiger partial charge on any atom is 0.267 e. The number of hydrogen-bond acceptors (Lipinski definition) is 3. The average Bonchev–Trinajstić information content (AvgIpc) is 3.22. The fourth-order valence-corrected chi connectivity index (χ4v) is 4.66. The molecular weight excluding hydrogens is 364 g/mol. The van der Waals surface area contributed by atoms with Crippen LogP contribution in [0.15, 0.2) is 41.3 Å². The number of carbonyl (C=O) groups is 1. The van der Waals surface area contributed by atoms with E-state index in [4.69, 9.17) is 0 Å². The molecule has 150 valence electrons. The van der Waals surface area contributed by atoms with Crippen molar-refractivity contribution in [1.82, 2.24) is 19.7 Å². The van der Waals surface area contributed by atoms with Gasteiger partial charge in [-0.15, -0.1) is 0 Å². The molecule has 5 rings (SSSR count). The van der Waals surface area contributed by atoms with E-state index in [1.54, 1.807) is 10.7 Å². The van der Waals surface area contributed by atoms with Crippen LogP contribution in [0.3, 0.4) is 0 Å². The van der Waals surface area contributed by atoms with E-state index >= 15 is 0 Å². The topological polar surface area (TPSA) is 71.0 Å². The number of rotatable bonds is 3. The lowest BCUT2D eigenvalue weighted by atomic mass is 9.95. The number of likely N-dealkylation sites (tertiary alicyclic amines) is 1. The van der Waals surface area contributed by atoms with E-state index < -0.39 is 0 Å². The van der Waals surface area contributed by atoms with Gasteiger partial charge >= 0.3 is 0 Å². The number of aromatic nitrogens is 3. The van der Waals surface area contributed by atoms with Crippen LogP contribution in [0, 0.1) is 5.92 Å². The Labute approximate surface area is 169 Å². The molecule has 1 aliphatic carbocycles. The Morgan fingerprint density at radius 2 is 1.93 bits per heavy atom. The van der Waals surface area contributed by atoms with Crippen molar-refractivity contribution in [2.24, 2.45) is 5.92 Å². The number of aryl methyl sites for hydroxylation is 2. The third-order valence-electron chi connectivity index (χ3n) is 6.41. The molecule has 1 saturated heterocycles. The lowest BCUT2D eigenvalue weighted by Crippen LogP contribution is -2.40. The Kier molecular flexibility index (Phi) is 4.70. The van der Waals surface area contributed by atoms with Gasteiger partial charge in [0.1, 0.15) is 0 Å². The molecule has 0 radical (unpaired) electrons. The zero-order valence-electron chi connectivity index (χ0n) is 16.6. The van der Waals surface area contributed by atoms with Crippen molar-refractivity contribution in [3.05, 3.63) is 63.7 Å². The van der Waals surface area contributed by atoms with Crippen molar-refractivity contribution in [1.29, 1.82) is 0 Å². The van der Waals surface area contributed by atoms with E-state index in [-0.39, 0.29) is 11.5 Å². The fourth-order valence-electron chi connectivity index (χ4n) is 4.66. The van der Waals surface area contributed by atoms with E-state index in [2.05, 4.69) is 10.1 Å². The number of nitrogens with zero attached hydrogens (tertiary/aromatic N) is 3. The summed E-state index contributed by atoms with van der Waals surface area (Å²) in [6, 6.07) is 9.62. The van der Waals surface area contributed by atoms with Crippen molar-refractivity contribution < 1.29 is 4.79 Å². The van der Waals surface area contributed by atoms with Crippen LogP contribution in [-0.2, 0) is 19.4 Å². The molecule has 0 unspecified atom stereocenters. The molecule has 6 nitrogen and oxygen atoms in total. The summed E-state index contributed by atoms with van der Waals surface area (Å²) in [4.78, 5) is 30.4. The number of amides is 1. The minimum Gasteiger partial charge on any atom is -0.361 e. The standard InChI is InChI=1S/C23H26N4O2/c28-22-14-18-3-1-2-4-20(18)25-27(22)15-16-8-11-26(12-9-16)23(29)19-6-5-17-7-10-24-21(17)13-19/h5-7,10,13-14,16,24H,1-4,8-9,11-12,15H2. The third kappa shape index (κ3) is 3.59. The molecular formula is C23H26N4O2. The first-order valence-electron chi connectivity index (χ1n) is 10.6. The molecule has 3 aromatic rings. The highest BCUT2D eigenvalue weighted by Gasteiger charge is 2.25. The van der Waals surface area contributed by atoms with Gasteiger partial charge in [-0.05, 0) is 73.6 Å². The molecule has 2 aromatic heterocycles. The minimum atomic E-state index is 0.0170. The number of aromatic amines is 1. The van der Waals surface area contributed by atoms with E-state index in [9.17, 15) is 9.59 Å². The smallest absolute Gasteiger partial charge is 0.267 e. The number of piperidine rings is 1. The summed E-state index contributed by atoms with van der Waals surface area (Å²) < 4.78 is 1.66. The SMILES string of the molecule is O=C(c1ccc2cc[nH]c2c1)N1CCC(Cn2nc3c(cc2=O)CCCC3)CC1. The van der Waals surface area contributed by atoms with Crippen LogP contribution in [0.5, 0.6) is 0 Å². The molecule has 0 atom stereocenters. The van der Waals surface area contributed by atoms with E-state index in [1.807, 2.05) is 35.4 Å². The number of benzene rings is 1. The summed E-state index contributed by atoms with van der Waals surface area (Å²) in [6.45, 7) is 2.11. The molecule has 1 aliphatic heterocycles. The lowest BCUT2D eigenvalue weighted by Gasteiger charge is -2.32. The second kappa shape index (κ2) is 7.50. The highest BCUT2D eigenvalue weighted by molar-refractivity contribution is 5.98. The van der Waals surface area contributed by atoms with Gasteiger partial charge in [0.2, 0.25) is 0 Å². The first-order chi connectivity index (χ1) is 14.2. The van der Waals surface area contributed by atoms with Gasteiger partial charge in [0.25, 0.3) is 11.5 Å². The van der Waals surface area contributed by atoms with Gasteiger partial charge in [-0.2, -0.15) is 5.10 Å². The molecule has 1 aromatic carbocycles. The van der Waals surface area contributed by atoms with Gasteiger partial charge in [0.15, 0.2) is 0 Å². The van der Waals surface area contributed by atoms with Gasteiger partial charge in [-0.3, -0.25) is 9.59 Å². The number of carbonyl (C=O) groups excluding carboxylic acids is 1. The Balaban J connectivity index is 1.23. The van der Waals surface area contributed by atoms with Crippen LogP contribution >= 0.6 is 0 Å². The van der Waals surface area contributed by atoms with Crippen molar-refractivity contribution >= 4 is 16.8 Å². The zero-order chi connectivity index (χ0) is 19.8. The number of fused-ring (bicyclic) bond motifs is 2. The van der Waals surface area contributed by atoms with Crippen LogP contribution in [0.1, 0.15) is 47.3 Å². The lowest BCUT2D eigenvalue weighted by molar-refractivity contribution is 0.0680. The van der Waals surface area contributed by atoms with E-state index in [0.717, 1.165) is 79.3 Å². The average molecular weight is 390 g/mol. The van der Waals surface area contributed by atoms with Crippen molar-refractivity contribution in [3.63, 3.8) is 0 Å². The fraction of sp³-hybridized carbons (Fsp3) is 0.435. The summed E-state index contributed by atoms with van der Waals surface area (Å²) in [7, 11) is 0. The molecule has 0 bridgehead atoms. The second-order valence-electron chi connectivity index (χ2n) is 8.36. The van der Waals surface area contributed by atoms with Crippen LogP contribution < -0.4 is 5.56 Å². The molecule has 1 N–H and O–H groups in total. The Morgan fingerprint density at radius 3 is 2.79 bits per heavy atom. The van der Waals surface area contributed by atoms with E-state index in [1.165, 1.54) is 0 Å². The summed E-state index contributed by atoms with van der Waals surface area (Å²) in [5.41, 5.74) is 3.97. The Bertz CT molecular complexity index is 1110. The molecule has 0 saturated carbocycles. The van der Waals surface area contributed by atoms with Gasteiger partial charge in [0, 0.05) is 43.0 Å². The molecule has 3 heterocycles. The van der Waals surface area contributed by atoms with Crippen molar-refractivity contribution in [3.8, 4) is 0 Å². The first-order valence-corrected chi connectivity index (χ1v) is 10.6. The molecule has 1 fully saturated rings. The van der Waals surface area contributed by atoms with Crippen LogP contribution in [0.25, 0.3) is 10.9 Å². The van der Waals surface area contributed by atoms with Crippen LogP contribution in [0.2, 0.25) is 0 Å². The summed E-state index contributed by atoms with van der Waals surface area (Å²) >= 11 is 0. The maximum absolute atomic E-state index is 12.9. The quantitative estimate of drug-likeness (QED) is 0.747. The van der Waals surface area contributed by atoms with Gasteiger partial charge < -0.3 is 9.88 Å². The first kappa shape index (κ1) is 18.2. The van der Waals surface area contributed by atoms with Crippen molar-refractivity contribution in [2.75, 3.05) is 13.1 Å². The molecule has 0 spiro atoms. The summed E-state index contributed by atoms with van der Waals surface area (Å²) in [5.74, 6) is 0.473. The zero-order valence-corrected chi connectivity index (χ0v) is 16.6. The Hall–Kier alpha value is -2.89. The third-order valence-corrected chi connectivity index (χ3v) is 6.41. The highest BCUT2D eigenvalue weighted by Crippen LogP contribution is 2.23. The van der Waals surface area contributed by atoms with Gasteiger partial charge in [-0.25, -0.2) is 4.68 Å². The number of H-pyrrole nitrogens is 1. The normalized spacial score (nSPS) is 17.4. The minimum absolute atomic E-state index is 0.0170. The maximum atomic E-state index is 12.9. The van der Waals surface area contributed by atoms with Gasteiger partial charge in [0.05, 0.1) is 5.69 Å². The van der Waals surface area contributed by atoms with Gasteiger partial charge in [-0.1, -0.05) is 6.07 Å². The monoisotopic (exact) mass is 390 g/mol. The predicted molar refractivity (Wildman–Crippen MR) is 112 cm³/mol.